The normalized spacial score (nSPS) is 18.0. The summed E-state index contributed by atoms with van der Waals surface area (Å²) in [5.41, 5.74) is -0.316. The van der Waals surface area contributed by atoms with E-state index < -0.39 is 24.2 Å². The zero-order valence-corrected chi connectivity index (χ0v) is 16.3. The Hall–Kier alpha value is -2.91. The van der Waals surface area contributed by atoms with Crippen molar-refractivity contribution in [1.29, 1.82) is 0 Å². The van der Waals surface area contributed by atoms with Crippen LogP contribution in [-0.4, -0.2) is 45.7 Å². The number of anilines is 2. The molecule has 3 heterocycles. The van der Waals surface area contributed by atoms with Crippen molar-refractivity contribution < 1.29 is 18.0 Å². The standard InChI is InChI=1S/C19H23F3N6O/c1-11(2)18(3,17(29)26-10-19(20,21)22)28-14-6-8-24-16(27-14)13-9-25-15-12(13)5-4-7-23-15/h4-8,11,13H,9-10H2,1-3H3,(H,23,25)(H,26,29)(H,24,27,28)/t13?,18-/m1/s1. The van der Waals surface area contributed by atoms with E-state index in [2.05, 4.69) is 25.6 Å². The van der Waals surface area contributed by atoms with Crippen LogP contribution in [0, 0.1) is 5.92 Å². The number of nitrogens with one attached hydrogen (secondary N) is 3. The van der Waals surface area contributed by atoms with Crippen molar-refractivity contribution >= 4 is 17.5 Å². The van der Waals surface area contributed by atoms with Gasteiger partial charge in [-0.1, -0.05) is 19.9 Å². The summed E-state index contributed by atoms with van der Waals surface area (Å²) in [6.45, 7) is 4.27. The van der Waals surface area contributed by atoms with Gasteiger partial charge in [0.15, 0.2) is 0 Å². The minimum absolute atomic E-state index is 0.107. The topological polar surface area (TPSA) is 91.8 Å². The molecule has 0 spiro atoms. The highest BCUT2D eigenvalue weighted by Crippen LogP contribution is 2.33. The highest BCUT2D eigenvalue weighted by molar-refractivity contribution is 5.89. The minimum Gasteiger partial charge on any atom is -0.369 e. The fourth-order valence-corrected chi connectivity index (χ4v) is 3.09. The first-order chi connectivity index (χ1) is 13.6. The molecule has 1 unspecified atom stereocenters. The molecule has 0 saturated carbocycles. The van der Waals surface area contributed by atoms with Gasteiger partial charge < -0.3 is 16.0 Å². The Labute approximate surface area is 166 Å². The molecule has 7 nitrogen and oxygen atoms in total. The van der Waals surface area contributed by atoms with Crippen LogP contribution in [0.25, 0.3) is 0 Å². The maximum Gasteiger partial charge on any atom is 0.405 e. The number of alkyl halides is 3. The van der Waals surface area contributed by atoms with E-state index in [0.717, 1.165) is 11.4 Å². The minimum atomic E-state index is -4.48. The molecule has 10 heteroatoms. The number of fused-ring (bicyclic) bond motifs is 1. The number of amides is 1. The molecule has 2 aromatic heterocycles. The highest BCUT2D eigenvalue weighted by Gasteiger charge is 2.39. The highest BCUT2D eigenvalue weighted by atomic mass is 19.4. The van der Waals surface area contributed by atoms with Crippen molar-refractivity contribution in [2.24, 2.45) is 5.92 Å². The van der Waals surface area contributed by atoms with Crippen molar-refractivity contribution in [2.75, 3.05) is 23.7 Å². The molecule has 1 aliphatic rings. The van der Waals surface area contributed by atoms with Crippen LogP contribution in [0.15, 0.2) is 30.6 Å². The predicted molar refractivity (Wildman–Crippen MR) is 103 cm³/mol. The maximum atomic E-state index is 12.5. The van der Waals surface area contributed by atoms with Crippen LogP contribution in [0.5, 0.6) is 0 Å². The predicted octanol–water partition coefficient (Wildman–Crippen LogP) is 2.93. The van der Waals surface area contributed by atoms with Gasteiger partial charge in [0.05, 0.1) is 5.92 Å². The van der Waals surface area contributed by atoms with Crippen LogP contribution in [0.4, 0.5) is 24.8 Å². The number of hydrogen-bond acceptors (Lipinski definition) is 6. The quantitative estimate of drug-likeness (QED) is 0.681. The van der Waals surface area contributed by atoms with Crippen molar-refractivity contribution in [3.05, 3.63) is 42.0 Å². The molecule has 1 amide bonds. The Bertz CT molecular complexity index is 888. The average Bonchev–Trinajstić information content (AvgIpc) is 3.09. The summed E-state index contributed by atoms with van der Waals surface area (Å²) in [4.78, 5) is 25.7. The van der Waals surface area contributed by atoms with Crippen molar-refractivity contribution in [3.8, 4) is 0 Å². The summed E-state index contributed by atoms with van der Waals surface area (Å²) < 4.78 is 37.5. The van der Waals surface area contributed by atoms with Crippen LogP contribution in [-0.2, 0) is 4.79 Å². The number of aromatic nitrogens is 3. The molecule has 2 aromatic rings. The van der Waals surface area contributed by atoms with Gasteiger partial charge in [0.1, 0.15) is 29.5 Å². The van der Waals surface area contributed by atoms with E-state index in [1.54, 1.807) is 39.2 Å². The van der Waals surface area contributed by atoms with Gasteiger partial charge in [-0.3, -0.25) is 4.79 Å². The molecule has 0 aromatic carbocycles. The van der Waals surface area contributed by atoms with Gasteiger partial charge in [-0.2, -0.15) is 13.2 Å². The fraction of sp³-hybridized carbons (Fsp3) is 0.474. The van der Waals surface area contributed by atoms with Gasteiger partial charge in [-0.15, -0.1) is 0 Å². The van der Waals surface area contributed by atoms with Gasteiger partial charge in [-0.05, 0) is 25.0 Å². The molecule has 0 radical (unpaired) electrons. The largest absolute Gasteiger partial charge is 0.405 e. The zero-order valence-electron chi connectivity index (χ0n) is 16.3. The van der Waals surface area contributed by atoms with Crippen molar-refractivity contribution in [3.63, 3.8) is 0 Å². The van der Waals surface area contributed by atoms with Gasteiger partial charge in [0.25, 0.3) is 0 Å². The van der Waals surface area contributed by atoms with E-state index in [-0.39, 0.29) is 11.8 Å². The summed E-state index contributed by atoms with van der Waals surface area (Å²) in [6.07, 6.45) is -1.22. The van der Waals surface area contributed by atoms with Gasteiger partial charge in [0.2, 0.25) is 5.91 Å². The lowest BCUT2D eigenvalue weighted by Gasteiger charge is -2.34. The Morgan fingerprint density at radius 2 is 2.03 bits per heavy atom. The zero-order chi connectivity index (χ0) is 21.2. The third-order valence-electron chi connectivity index (χ3n) is 5.14. The summed E-state index contributed by atoms with van der Waals surface area (Å²) >= 11 is 0. The number of nitrogens with zero attached hydrogens (tertiary/aromatic N) is 3. The van der Waals surface area contributed by atoms with Gasteiger partial charge in [0, 0.05) is 24.5 Å². The number of halogens is 3. The lowest BCUT2D eigenvalue weighted by molar-refractivity contribution is -0.141. The number of pyridine rings is 1. The summed E-state index contributed by atoms with van der Waals surface area (Å²) in [7, 11) is 0. The Morgan fingerprint density at radius 1 is 1.28 bits per heavy atom. The van der Waals surface area contributed by atoms with Crippen LogP contribution < -0.4 is 16.0 Å². The molecule has 156 valence electrons. The second kappa shape index (κ2) is 7.84. The molecule has 0 saturated heterocycles. The third-order valence-corrected chi connectivity index (χ3v) is 5.14. The Balaban J connectivity index is 1.81. The first kappa shape index (κ1) is 20.8. The van der Waals surface area contributed by atoms with Crippen LogP contribution in [0.1, 0.15) is 38.1 Å². The molecule has 3 N–H and O–H groups in total. The number of carbonyl (C=O) groups excluding carboxylic acids is 1. The van der Waals surface area contributed by atoms with Crippen LogP contribution in [0.3, 0.4) is 0 Å². The Kier molecular flexibility index (Phi) is 5.63. The molecule has 0 aliphatic carbocycles. The second-order valence-corrected chi connectivity index (χ2v) is 7.45. The molecular formula is C19H23F3N6O. The van der Waals surface area contributed by atoms with Crippen LogP contribution in [0.2, 0.25) is 0 Å². The van der Waals surface area contributed by atoms with Crippen molar-refractivity contribution in [1.82, 2.24) is 20.3 Å². The summed E-state index contributed by atoms with van der Waals surface area (Å²) in [6, 6.07) is 5.37. The lowest BCUT2D eigenvalue weighted by atomic mass is 9.87. The van der Waals surface area contributed by atoms with E-state index in [0.29, 0.717) is 18.2 Å². The van der Waals surface area contributed by atoms with Gasteiger partial charge in [-0.25, -0.2) is 15.0 Å². The molecule has 1 aliphatic heterocycles. The maximum absolute atomic E-state index is 12.5. The van der Waals surface area contributed by atoms with Crippen LogP contribution >= 0.6 is 0 Å². The lowest BCUT2D eigenvalue weighted by Crippen LogP contribution is -2.55. The monoisotopic (exact) mass is 408 g/mol. The van der Waals surface area contributed by atoms with E-state index in [4.69, 9.17) is 0 Å². The van der Waals surface area contributed by atoms with E-state index in [9.17, 15) is 18.0 Å². The third kappa shape index (κ3) is 4.57. The van der Waals surface area contributed by atoms with E-state index >= 15 is 0 Å². The molecule has 3 rings (SSSR count). The molecule has 2 atom stereocenters. The number of rotatable bonds is 6. The summed E-state index contributed by atoms with van der Waals surface area (Å²) in [5.74, 6) is 0.527. The SMILES string of the molecule is CC(C)[C@@](C)(Nc1ccnc(C2CNc3ncccc32)n1)C(=O)NCC(F)(F)F. The molecule has 0 bridgehead atoms. The summed E-state index contributed by atoms with van der Waals surface area (Å²) in [5, 5.41) is 8.17. The first-order valence-corrected chi connectivity index (χ1v) is 9.25. The number of carbonyl (C=O) groups is 1. The second-order valence-electron chi connectivity index (χ2n) is 7.45. The van der Waals surface area contributed by atoms with E-state index in [1.165, 1.54) is 0 Å². The average molecular weight is 408 g/mol. The first-order valence-electron chi connectivity index (χ1n) is 9.25. The molecule has 0 fully saturated rings. The fourth-order valence-electron chi connectivity index (χ4n) is 3.09. The Morgan fingerprint density at radius 3 is 2.72 bits per heavy atom. The molecule has 29 heavy (non-hydrogen) atoms. The smallest absolute Gasteiger partial charge is 0.369 e. The van der Waals surface area contributed by atoms with Crippen molar-refractivity contribution in [2.45, 2.75) is 38.4 Å². The number of hydrogen-bond donors (Lipinski definition) is 3. The molecular weight excluding hydrogens is 385 g/mol. The van der Waals surface area contributed by atoms with E-state index in [1.807, 2.05) is 17.4 Å². The van der Waals surface area contributed by atoms with Gasteiger partial charge >= 0.3 is 6.18 Å².